The van der Waals surface area contributed by atoms with E-state index >= 15 is 0 Å². The number of ether oxygens (including phenoxy) is 1. The second-order valence-electron chi connectivity index (χ2n) is 5.01. The summed E-state index contributed by atoms with van der Waals surface area (Å²) >= 11 is 0. The second-order valence-corrected chi connectivity index (χ2v) is 5.01. The van der Waals surface area contributed by atoms with Crippen molar-refractivity contribution in [2.24, 2.45) is 0 Å². The Morgan fingerprint density at radius 1 is 1.27 bits per heavy atom. The van der Waals surface area contributed by atoms with Gasteiger partial charge in [0.05, 0.1) is 11.6 Å². The van der Waals surface area contributed by atoms with Gasteiger partial charge in [-0.05, 0) is 31.2 Å². The van der Waals surface area contributed by atoms with Crippen LogP contribution in [0, 0.1) is 10.1 Å². The van der Waals surface area contributed by atoms with E-state index in [0.717, 1.165) is 30.3 Å². The summed E-state index contributed by atoms with van der Waals surface area (Å²) < 4.78 is 47.3. The predicted molar refractivity (Wildman–Crippen MR) is 80.3 cm³/mol. The van der Waals surface area contributed by atoms with E-state index in [1.54, 1.807) is 0 Å². The van der Waals surface area contributed by atoms with E-state index in [0.29, 0.717) is 0 Å². The first kappa shape index (κ1) is 19.0. The second kappa shape index (κ2) is 7.25. The highest BCUT2D eigenvalue weighted by Gasteiger charge is 2.31. The first-order valence-electron chi connectivity index (χ1n) is 7.01. The number of nitrogens with zero attached hydrogens (tertiary/aromatic N) is 1. The van der Waals surface area contributed by atoms with E-state index in [9.17, 15) is 32.9 Å². The lowest BCUT2D eigenvalue weighted by molar-refractivity contribution is -0.402. The van der Waals surface area contributed by atoms with Gasteiger partial charge in [0.25, 0.3) is 5.91 Å². The van der Waals surface area contributed by atoms with E-state index < -0.39 is 46.3 Å². The number of anilines is 1. The van der Waals surface area contributed by atoms with Gasteiger partial charge in [0.15, 0.2) is 6.10 Å². The number of benzene rings is 1. The van der Waals surface area contributed by atoms with Crippen LogP contribution in [-0.2, 0) is 15.7 Å². The molecule has 0 spiro atoms. The minimum atomic E-state index is -4.58. The van der Waals surface area contributed by atoms with Crippen LogP contribution in [0.2, 0.25) is 0 Å². The van der Waals surface area contributed by atoms with Gasteiger partial charge >= 0.3 is 18.0 Å². The largest absolute Gasteiger partial charge is 0.447 e. The van der Waals surface area contributed by atoms with Crippen molar-refractivity contribution in [3.05, 3.63) is 57.8 Å². The number of nitro groups is 1. The zero-order chi connectivity index (χ0) is 19.5. The van der Waals surface area contributed by atoms with Crippen molar-refractivity contribution < 1.29 is 36.8 Å². The van der Waals surface area contributed by atoms with Crippen molar-refractivity contribution in [2.45, 2.75) is 19.2 Å². The molecule has 0 saturated heterocycles. The van der Waals surface area contributed by atoms with Crippen LogP contribution in [0.5, 0.6) is 0 Å². The summed E-state index contributed by atoms with van der Waals surface area (Å²) in [4.78, 5) is 33.3. The number of halogens is 3. The molecule has 1 amide bonds. The number of nitrogens with one attached hydrogen (secondary N) is 1. The van der Waals surface area contributed by atoms with Gasteiger partial charge in [-0.25, -0.2) is 4.79 Å². The molecule has 2 aromatic rings. The highest BCUT2D eigenvalue weighted by atomic mass is 19.4. The molecule has 0 aliphatic rings. The molecule has 11 heteroatoms. The zero-order valence-corrected chi connectivity index (χ0v) is 13.1. The van der Waals surface area contributed by atoms with E-state index in [1.807, 2.05) is 0 Å². The molecular weight excluding hydrogens is 361 g/mol. The number of furan rings is 1. The summed E-state index contributed by atoms with van der Waals surface area (Å²) in [6, 6.07) is 5.84. The van der Waals surface area contributed by atoms with Crippen LogP contribution in [0.4, 0.5) is 24.7 Å². The Balaban J connectivity index is 2.01. The fourth-order valence-corrected chi connectivity index (χ4v) is 1.82. The number of hydrogen-bond acceptors (Lipinski definition) is 6. The minimum absolute atomic E-state index is 0.138. The average Bonchev–Trinajstić information content (AvgIpc) is 3.04. The first-order chi connectivity index (χ1) is 12.1. The monoisotopic (exact) mass is 372 g/mol. The van der Waals surface area contributed by atoms with Crippen molar-refractivity contribution in [1.82, 2.24) is 0 Å². The summed E-state index contributed by atoms with van der Waals surface area (Å²) in [6.07, 6.45) is -5.96. The molecule has 0 saturated carbocycles. The number of hydrogen-bond donors (Lipinski definition) is 1. The topological polar surface area (TPSA) is 112 Å². The van der Waals surface area contributed by atoms with Crippen molar-refractivity contribution in [3.8, 4) is 0 Å². The maximum atomic E-state index is 12.6. The maximum Gasteiger partial charge on any atom is 0.433 e. The standard InChI is InChI=1S/C15H11F3N2O6/c1-8(25-14(22)11-5-6-12(26-11)20(23)24)13(21)19-10-4-2-3-9(7-10)15(16,17)18/h2-8H,1H3,(H,19,21). The zero-order valence-electron chi connectivity index (χ0n) is 13.1. The third-order valence-electron chi connectivity index (χ3n) is 3.08. The Kier molecular flexibility index (Phi) is 5.29. The molecule has 2 rings (SSSR count). The van der Waals surface area contributed by atoms with Gasteiger partial charge in [0.1, 0.15) is 4.92 Å². The van der Waals surface area contributed by atoms with Gasteiger partial charge in [-0.3, -0.25) is 14.9 Å². The quantitative estimate of drug-likeness (QED) is 0.489. The number of amides is 1. The van der Waals surface area contributed by atoms with Gasteiger partial charge in [-0.2, -0.15) is 13.2 Å². The van der Waals surface area contributed by atoms with Crippen LogP contribution >= 0.6 is 0 Å². The predicted octanol–water partition coefficient (Wildman–Crippen LogP) is 3.39. The van der Waals surface area contributed by atoms with Crippen molar-refractivity contribution in [3.63, 3.8) is 0 Å². The fraction of sp³-hybridized carbons (Fsp3) is 0.200. The third-order valence-corrected chi connectivity index (χ3v) is 3.08. The highest BCUT2D eigenvalue weighted by Crippen LogP contribution is 2.30. The Bertz CT molecular complexity index is 846. The number of alkyl halides is 3. The average molecular weight is 372 g/mol. The number of rotatable bonds is 5. The van der Waals surface area contributed by atoms with E-state index in [1.165, 1.54) is 13.0 Å². The Hall–Kier alpha value is -3.37. The van der Waals surface area contributed by atoms with Crippen LogP contribution in [0.15, 0.2) is 40.8 Å². The fourth-order valence-electron chi connectivity index (χ4n) is 1.82. The Morgan fingerprint density at radius 3 is 2.54 bits per heavy atom. The van der Waals surface area contributed by atoms with Crippen LogP contribution in [-0.4, -0.2) is 22.9 Å². The molecule has 26 heavy (non-hydrogen) atoms. The Labute approximate surface area is 143 Å². The van der Waals surface area contributed by atoms with Crippen LogP contribution < -0.4 is 5.32 Å². The molecule has 0 fully saturated rings. The molecule has 8 nitrogen and oxygen atoms in total. The number of esters is 1. The molecule has 0 aliphatic heterocycles. The van der Waals surface area contributed by atoms with Gasteiger partial charge in [-0.15, -0.1) is 0 Å². The van der Waals surface area contributed by atoms with Gasteiger partial charge in [0, 0.05) is 5.69 Å². The number of carbonyl (C=O) groups excluding carboxylic acids is 2. The van der Waals surface area contributed by atoms with Gasteiger partial charge in [0.2, 0.25) is 5.76 Å². The van der Waals surface area contributed by atoms with E-state index in [-0.39, 0.29) is 5.69 Å². The SMILES string of the molecule is CC(OC(=O)c1ccc([N+](=O)[O-])o1)C(=O)Nc1cccc(C(F)(F)F)c1. The summed E-state index contributed by atoms with van der Waals surface area (Å²) in [6.45, 7) is 1.18. The van der Waals surface area contributed by atoms with E-state index in [2.05, 4.69) is 9.73 Å². The maximum absolute atomic E-state index is 12.6. The summed E-state index contributed by atoms with van der Waals surface area (Å²) in [5, 5.41) is 12.7. The van der Waals surface area contributed by atoms with Gasteiger partial charge in [-0.1, -0.05) is 6.07 Å². The molecule has 0 radical (unpaired) electrons. The lowest BCUT2D eigenvalue weighted by Gasteiger charge is -2.14. The smallest absolute Gasteiger partial charge is 0.433 e. The summed E-state index contributed by atoms with van der Waals surface area (Å²) in [5.74, 6) is -3.20. The molecule has 0 aliphatic carbocycles. The molecule has 1 heterocycles. The minimum Gasteiger partial charge on any atom is -0.447 e. The first-order valence-corrected chi connectivity index (χ1v) is 7.01. The molecule has 1 unspecified atom stereocenters. The number of carbonyl (C=O) groups is 2. The molecule has 138 valence electrons. The molecule has 1 atom stereocenters. The van der Waals surface area contributed by atoms with Crippen LogP contribution in [0.25, 0.3) is 0 Å². The van der Waals surface area contributed by atoms with Crippen molar-refractivity contribution >= 4 is 23.4 Å². The normalized spacial score (nSPS) is 12.3. The molecule has 1 N–H and O–H groups in total. The lowest BCUT2D eigenvalue weighted by Crippen LogP contribution is -2.30. The van der Waals surface area contributed by atoms with Crippen LogP contribution in [0.1, 0.15) is 23.0 Å². The Morgan fingerprint density at radius 2 is 1.96 bits per heavy atom. The van der Waals surface area contributed by atoms with E-state index in [4.69, 9.17) is 4.74 Å². The lowest BCUT2D eigenvalue weighted by atomic mass is 10.2. The van der Waals surface area contributed by atoms with Crippen molar-refractivity contribution in [2.75, 3.05) is 5.32 Å². The molecule has 1 aromatic carbocycles. The van der Waals surface area contributed by atoms with Gasteiger partial charge < -0.3 is 14.5 Å². The highest BCUT2D eigenvalue weighted by molar-refractivity contribution is 5.96. The summed E-state index contributed by atoms with van der Waals surface area (Å²) in [5.41, 5.74) is -1.09. The molecular formula is C15H11F3N2O6. The van der Waals surface area contributed by atoms with Crippen LogP contribution in [0.3, 0.4) is 0 Å². The molecule has 0 bridgehead atoms. The summed E-state index contributed by atoms with van der Waals surface area (Å²) in [7, 11) is 0. The van der Waals surface area contributed by atoms with Crippen molar-refractivity contribution in [1.29, 1.82) is 0 Å². The molecule has 1 aromatic heterocycles. The third kappa shape index (κ3) is 4.59.